The first kappa shape index (κ1) is 20.8. The van der Waals surface area contributed by atoms with Crippen molar-refractivity contribution in [2.24, 2.45) is 5.92 Å². The summed E-state index contributed by atoms with van der Waals surface area (Å²) >= 11 is 3.49. The molecule has 5 nitrogen and oxygen atoms in total. The number of rotatable bonds is 7. The van der Waals surface area contributed by atoms with E-state index in [1.807, 2.05) is 43.3 Å². The molecule has 0 bridgehead atoms. The van der Waals surface area contributed by atoms with Gasteiger partial charge in [0, 0.05) is 23.3 Å². The fourth-order valence-electron chi connectivity index (χ4n) is 3.49. The number of benzene rings is 2. The number of nitrogens with zero attached hydrogens (tertiary/aromatic N) is 1. The maximum absolute atomic E-state index is 12.4. The highest BCUT2D eigenvalue weighted by Gasteiger charge is 2.19. The first-order valence-corrected chi connectivity index (χ1v) is 10.6. The lowest BCUT2D eigenvalue weighted by Crippen LogP contribution is -2.34. The zero-order chi connectivity index (χ0) is 19.9. The van der Waals surface area contributed by atoms with Crippen LogP contribution in [0.1, 0.15) is 24.0 Å². The van der Waals surface area contributed by atoms with Crippen LogP contribution in [-0.4, -0.2) is 42.2 Å². The predicted octanol–water partition coefficient (Wildman–Crippen LogP) is 4.01. The molecule has 6 heteroatoms. The van der Waals surface area contributed by atoms with Crippen LogP contribution in [0.25, 0.3) is 0 Å². The second-order valence-corrected chi connectivity index (χ2v) is 8.30. The maximum atomic E-state index is 12.4. The number of carbonyl (C=O) groups is 1. The zero-order valence-corrected chi connectivity index (χ0v) is 17.8. The molecule has 2 aromatic rings. The number of hydrogen-bond acceptors (Lipinski definition) is 4. The van der Waals surface area contributed by atoms with Crippen molar-refractivity contribution >= 4 is 33.2 Å². The summed E-state index contributed by atoms with van der Waals surface area (Å²) in [6.07, 6.45) is 2.08. The van der Waals surface area contributed by atoms with Gasteiger partial charge < -0.3 is 15.7 Å². The van der Waals surface area contributed by atoms with Gasteiger partial charge in [0.2, 0.25) is 5.91 Å². The Morgan fingerprint density at radius 2 is 1.93 bits per heavy atom. The van der Waals surface area contributed by atoms with Crippen LogP contribution >= 0.6 is 15.9 Å². The maximum Gasteiger partial charge on any atom is 0.243 e. The smallest absolute Gasteiger partial charge is 0.243 e. The molecule has 0 saturated carbocycles. The number of anilines is 2. The normalized spacial score (nSPS) is 15.4. The van der Waals surface area contributed by atoms with Gasteiger partial charge in [0.05, 0.1) is 12.2 Å². The molecule has 150 valence electrons. The molecule has 0 atom stereocenters. The van der Waals surface area contributed by atoms with Crippen LogP contribution in [0, 0.1) is 12.8 Å². The van der Waals surface area contributed by atoms with Crippen LogP contribution < -0.4 is 10.6 Å². The molecule has 3 N–H and O–H groups in total. The van der Waals surface area contributed by atoms with E-state index >= 15 is 0 Å². The molecule has 3 rings (SSSR count). The molecule has 0 aliphatic carbocycles. The quantitative estimate of drug-likeness (QED) is 0.602. The summed E-state index contributed by atoms with van der Waals surface area (Å²) in [6, 6.07) is 14.0. The van der Waals surface area contributed by atoms with Crippen LogP contribution in [0.15, 0.2) is 46.9 Å². The summed E-state index contributed by atoms with van der Waals surface area (Å²) in [5, 5.41) is 15.5. The molecule has 0 spiro atoms. The largest absolute Gasteiger partial charge is 0.396 e. The SMILES string of the molecule is Cc1ccc(NC(=O)CNc2ccccc2CN2CCC(CO)CC2)c(Br)c1. The Kier molecular flexibility index (Phi) is 7.48. The fourth-order valence-corrected chi connectivity index (χ4v) is 4.08. The second-order valence-electron chi connectivity index (χ2n) is 7.44. The van der Waals surface area contributed by atoms with Crippen molar-refractivity contribution in [2.75, 3.05) is 36.9 Å². The van der Waals surface area contributed by atoms with E-state index in [1.165, 1.54) is 5.56 Å². The van der Waals surface area contributed by atoms with Crippen LogP contribution in [0.2, 0.25) is 0 Å². The minimum absolute atomic E-state index is 0.0804. The number of hydrogen-bond donors (Lipinski definition) is 3. The Morgan fingerprint density at radius 3 is 2.64 bits per heavy atom. The topological polar surface area (TPSA) is 64.6 Å². The number of amides is 1. The highest BCUT2D eigenvalue weighted by molar-refractivity contribution is 9.10. The summed E-state index contributed by atoms with van der Waals surface area (Å²) in [4.78, 5) is 14.8. The highest BCUT2D eigenvalue weighted by atomic mass is 79.9. The molecule has 1 amide bonds. The van der Waals surface area contributed by atoms with Crippen molar-refractivity contribution in [1.82, 2.24) is 4.90 Å². The zero-order valence-electron chi connectivity index (χ0n) is 16.2. The van der Waals surface area contributed by atoms with Gasteiger partial charge in [0.1, 0.15) is 0 Å². The van der Waals surface area contributed by atoms with Crippen molar-refractivity contribution in [3.63, 3.8) is 0 Å². The Balaban J connectivity index is 1.55. The number of aliphatic hydroxyl groups is 1. The number of piperidine rings is 1. The summed E-state index contributed by atoms with van der Waals surface area (Å²) in [7, 11) is 0. The van der Waals surface area contributed by atoms with Crippen molar-refractivity contribution in [3.8, 4) is 0 Å². The molecule has 0 radical (unpaired) electrons. The fraction of sp³-hybridized carbons (Fsp3) is 0.409. The molecular formula is C22H28BrN3O2. The third-order valence-electron chi connectivity index (χ3n) is 5.21. The van der Waals surface area contributed by atoms with Crippen LogP contribution in [0.4, 0.5) is 11.4 Å². The molecular weight excluding hydrogens is 418 g/mol. The number of halogens is 1. The number of nitrogens with one attached hydrogen (secondary N) is 2. The van der Waals surface area contributed by atoms with E-state index < -0.39 is 0 Å². The van der Waals surface area contributed by atoms with Crippen molar-refractivity contribution < 1.29 is 9.90 Å². The lowest BCUT2D eigenvalue weighted by molar-refractivity contribution is -0.114. The van der Waals surface area contributed by atoms with Crippen LogP contribution in [0.3, 0.4) is 0 Å². The molecule has 2 aromatic carbocycles. The van der Waals surface area contributed by atoms with E-state index in [0.717, 1.165) is 53.9 Å². The number of para-hydroxylation sites is 1. The number of likely N-dealkylation sites (tertiary alicyclic amines) is 1. The second kappa shape index (κ2) is 10.0. The standard InChI is InChI=1S/C22H28BrN3O2/c1-16-6-7-21(19(23)12-16)25-22(28)13-24-20-5-3-2-4-18(20)14-26-10-8-17(15-27)9-11-26/h2-7,12,17,24,27H,8-11,13-15H2,1H3,(H,25,28). The lowest BCUT2D eigenvalue weighted by atomic mass is 9.97. The number of aryl methyl sites for hydroxylation is 1. The van der Waals surface area contributed by atoms with Crippen LogP contribution in [-0.2, 0) is 11.3 Å². The van der Waals surface area contributed by atoms with E-state index in [0.29, 0.717) is 5.92 Å². The molecule has 1 heterocycles. The first-order chi connectivity index (χ1) is 13.5. The Morgan fingerprint density at radius 1 is 1.18 bits per heavy atom. The van der Waals surface area contributed by atoms with E-state index in [9.17, 15) is 9.90 Å². The van der Waals surface area contributed by atoms with E-state index in [1.54, 1.807) is 0 Å². The monoisotopic (exact) mass is 445 g/mol. The predicted molar refractivity (Wildman–Crippen MR) is 118 cm³/mol. The van der Waals surface area contributed by atoms with Gasteiger partial charge in [-0.25, -0.2) is 0 Å². The van der Waals surface area contributed by atoms with Gasteiger partial charge in [-0.2, -0.15) is 0 Å². The molecule has 28 heavy (non-hydrogen) atoms. The third-order valence-corrected chi connectivity index (χ3v) is 5.87. The summed E-state index contributed by atoms with van der Waals surface area (Å²) in [5.41, 5.74) is 4.09. The van der Waals surface area contributed by atoms with Crippen molar-refractivity contribution in [2.45, 2.75) is 26.3 Å². The van der Waals surface area contributed by atoms with Gasteiger partial charge in [-0.15, -0.1) is 0 Å². The van der Waals surface area contributed by atoms with Crippen molar-refractivity contribution in [1.29, 1.82) is 0 Å². The van der Waals surface area contributed by atoms with E-state index in [4.69, 9.17) is 0 Å². The lowest BCUT2D eigenvalue weighted by Gasteiger charge is -2.31. The Bertz CT molecular complexity index is 804. The number of aliphatic hydroxyl groups excluding tert-OH is 1. The van der Waals surface area contributed by atoms with Gasteiger partial charge in [-0.05, 0) is 84.0 Å². The summed E-state index contributed by atoms with van der Waals surface area (Å²) in [5.74, 6) is 0.359. The van der Waals surface area contributed by atoms with Crippen molar-refractivity contribution in [3.05, 3.63) is 58.1 Å². The highest BCUT2D eigenvalue weighted by Crippen LogP contribution is 2.24. The summed E-state index contributed by atoms with van der Waals surface area (Å²) < 4.78 is 0.882. The van der Waals surface area contributed by atoms with Gasteiger partial charge in [0.15, 0.2) is 0 Å². The number of carbonyl (C=O) groups excluding carboxylic acids is 1. The first-order valence-electron chi connectivity index (χ1n) is 9.76. The van der Waals surface area contributed by atoms with Gasteiger partial charge >= 0.3 is 0 Å². The third kappa shape index (κ3) is 5.80. The molecule has 1 fully saturated rings. The minimum atomic E-state index is -0.0804. The van der Waals surface area contributed by atoms with E-state index in [2.05, 4.69) is 37.5 Å². The van der Waals surface area contributed by atoms with Crippen LogP contribution in [0.5, 0.6) is 0 Å². The van der Waals surface area contributed by atoms with Gasteiger partial charge in [-0.1, -0.05) is 24.3 Å². The average molecular weight is 446 g/mol. The molecule has 1 saturated heterocycles. The molecule has 0 aromatic heterocycles. The van der Waals surface area contributed by atoms with Gasteiger partial charge in [0.25, 0.3) is 0 Å². The average Bonchev–Trinajstić information content (AvgIpc) is 2.70. The molecule has 0 unspecified atom stereocenters. The Hall–Kier alpha value is -1.89. The summed E-state index contributed by atoms with van der Waals surface area (Å²) in [6.45, 7) is 5.37. The van der Waals surface area contributed by atoms with Gasteiger partial charge in [-0.3, -0.25) is 9.69 Å². The Labute approximate surface area is 175 Å². The molecule has 1 aliphatic heterocycles. The minimum Gasteiger partial charge on any atom is -0.396 e. The van der Waals surface area contributed by atoms with E-state index in [-0.39, 0.29) is 19.1 Å². The molecule has 1 aliphatic rings.